The Hall–Kier alpha value is -2.72. The van der Waals surface area contributed by atoms with Gasteiger partial charge in [0, 0.05) is 44.6 Å². The molecule has 1 fully saturated rings. The molecular weight excluding hydrogens is 368 g/mol. The first kappa shape index (κ1) is 17.7. The summed E-state index contributed by atoms with van der Waals surface area (Å²) in [7, 11) is -3.62. The molecule has 9 nitrogen and oxygen atoms in total. The average molecular weight is 388 g/mol. The monoisotopic (exact) mass is 388 g/mol. The number of aryl methyl sites for hydroxylation is 2. The van der Waals surface area contributed by atoms with Crippen LogP contribution in [-0.2, 0) is 10.0 Å². The summed E-state index contributed by atoms with van der Waals surface area (Å²) in [5.41, 5.74) is 0.391. The Bertz CT molecular complexity index is 1020. The van der Waals surface area contributed by atoms with Crippen LogP contribution in [0.25, 0.3) is 5.82 Å². The average Bonchev–Trinajstić information content (AvgIpc) is 3.32. The van der Waals surface area contributed by atoms with Gasteiger partial charge in [-0.15, -0.1) is 0 Å². The van der Waals surface area contributed by atoms with Crippen molar-refractivity contribution in [2.75, 3.05) is 31.1 Å². The van der Waals surface area contributed by atoms with Crippen molar-refractivity contribution in [3.05, 3.63) is 48.4 Å². The van der Waals surface area contributed by atoms with E-state index in [1.54, 1.807) is 13.8 Å². The van der Waals surface area contributed by atoms with Gasteiger partial charge < -0.3 is 14.0 Å². The Kier molecular flexibility index (Phi) is 4.44. The van der Waals surface area contributed by atoms with Gasteiger partial charge in [-0.05, 0) is 26.0 Å². The van der Waals surface area contributed by atoms with Gasteiger partial charge in [-0.25, -0.2) is 18.4 Å². The number of piperazine rings is 1. The Morgan fingerprint density at radius 1 is 1.00 bits per heavy atom. The molecule has 1 aliphatic heterocycles. The summed E-state index contributed by atoms with van der Waals surface area (Å²) in [4.78, 5) is 10.9. The summed E-state index contributed by atoms with van der Waals surface area (Å²) in [5, 5.41) is 3.76. The van der Waals surface area contributed by atoms with Crippen LogP contribution in [0.5, 0.6) is 0 Å². The van der Waals surface area contributed by atoms with Crippen LogP contribution in [0.2, 0.25) is 0 Å². The molecule has 1 aliphatic rings. The fraction of sp³-hybridized carbons (Fsp3) is 0.353. The third-order valence-electron chi connectivity index (χ3n) is 4.64. The first-order chi connectivity index (χ1) is 13.0. The topological polar surface area (TPSA) is 97.4 Å². The van der Waals surface area contributed by atoms with Crippen LogP contribution in [0.1, 0.15) is 11.5 Å². The molecule has 0 aliphatic carbocycles. The first-order valence-corrected chi connectivity index (χ1v) is 10.0. The van der Waals surface area contributed by atoms with E-state index in [1.807, 2.05) is 35.2 Å². The van der Waals surface area contributed by atoms with Crippen LogP contribution in [-0.4, -0.2) is 58.6 Å². The summed E-state index contributed by atoms with van der Waals surface area (Å²) in [6.45, 7) is 5.09. The van der Waals surface area contributed by atoms with Gasteiger partial charge in [0.05, 0.1) is 0 Å². The van der Waals surface area contributed by atoms with Crippen LogP contribution >= 0.6 is 0 Å². The predicted octanol–water partition coefficient (Wildman–Crippen LogP) is 1.38. The van der Waals surface area contributed by atoms with E-state index in [1.165, 1.54) is 10.6 Å². The van der Waals surface area contributed by atoms with Crippen LogP contribution in [0.4, 0.5) is 5.82 Å². The summed E-state index contributed by atoms with van der Waals surface area (Å²) in [5.74, 6) is 1.88. The predicted molar refractivity (Wildman–Crippen MR) is 98.3 cm³/mol. The number of hydrogen-bond donors (Lipinski definition) is 0. The van der Waals surface area contributed by atoms with Crippen molar-refractivity contribution in [2.24, 2.45) is 0 Å². The lowest BCUT2D eigenvalue weighted by Gasteiger charge is -2.34. The molecular formula is C17H20N6O3S. The molecule has 0 aromatic carbocycles. The summed E-state index contributed by atoms with van der Waals surface area (Å²) < 4.78 is 34.3. The lowest BCUT2D eigenvalue weighted by Crippen LogP contribution is -2.49. The fourth-order valence-corrected chi connectivity index (χ4v) is 4.98. The Labute approximate surface area is 157 Å². The standard InChI is InChI=1S/C17H20N6O3S/c1-13-17(14(2)26-20-13)27(24,25)23-9-7-22(8-10-23)16-11-15(18-12-19-16)21-5-3-4-6-21/h3-6,11-12H,7-10H2,1-2H3. The molecule has 0 N–H and O–H groups in total. The van der Waals surface area contributed by atoms with Crippen LogP contribution in [0.15, 0.2) is 46.3 Å². The van der Waals surface area contributed by atoms with Crippen molar-refractivity contribution in [1.82, 2.24) is 24.0 Å². The maximum absolute atomic E-state index is 12.9. The Morgan fingerprint density at radius 3 is 2.30 bits per heavy atom. The van der Waals surface area contributed by atoms with Crippen LogP contribution in [0.3, 0.4) is 0 Å². The smallest absolute Gasteiger partial charge is 0.248 e. The highest BCUT2D eigenvalue weighted by atomic mass is 32.2. The number of aromatic nitrogens is 4. The third kappa shape index (κ3) is 3.21. The highest BCUT2D eigenvalue weighted by Gasteiger charge is 2.33. The normalized spacial score (nSPS) is 16.0. The second-order valence-electron chi connectivity index (χ2n) is 6.37. The second-order valence-corrected chi connectivity index (χ2v) is 8.24. The van der Waals surface area contributed by atoms with Gasteiger partial charge in [0.15, 0.2) is 5.76 Å². The van der Waals surface area contributed by atoms with Gasteiger partial charge in [0.2, 0.25) is 10.0 Å². The zero-order valence-corrected chi connectivity index (χ0v) is 15.9. The van der Waals surface area contributed by atoms with Crippen molar-refractivity contribution in [3.8, 4) is 5.82 Å². The SMILES string of the molecule is Cc1noc(C)c1S(=O)(=O)N1CCN(c2cc(-n3cccc3)ncn2)CC1. The molecule has 10 heteroatoms. The Balaban J connectivity index is 1.51. The molecule has 0 atom stereocenters. The third-order valence-corrected chi connectivity index (χ3v) is 6.78. The molecule has 0 spiro atoms. The van der Waals surface area contributed by atoms with Gasteiger partial charge in [-0.2, -0.15) is 4.31 Å². The van der Waals surface area contributed by atoms with Crippen LogP contribution < -0.4 is 4.90 Å². The molecule has 4 heterocycles. The van der Waals surface area contributed by atoms with E-state index in [0.717, 1.165) is 11.6 Å². The fourth-order valence-electron chi connectivity index (χ4n) is 3.27. The highest BCUT2D eigenvalue weighted by Crippen LogP contribution is 2.25. The van der Waals surface area contributed by atoms with Gasteiger partial charge >= 0.3 is 0 Å². The van der Waals surface area contributed by atoms with Crippen molar-refractivity contribution < 1.29 is 12.9 Å². The van der Waals surface area contributed by atoms with Crippen LogP contribution in [0, 0.1) is 13.8 Å². The van der Waals surface area contributed by atoms with E-state index in [-0.39, 0.29) is 4.90 Å². The van der Waals surface area contributed by atoms with Crippen molar-refractivity contribution in [2.45, 2.75) is 18.7 Å². The van der Waals surface area contributed by atoms with E-state index < -0.39 is 10.0 Å². The molecule has 3 aromatic heterocycles. The molecule has 3 aromatic rings. The number of nitrogens with zero attached hydrogens (tertiary/aromatic N) is 6. The minimum atomic E-state index is -3.62. The minimum Gasteiger partial charge on any atom is -0.360 e. The summed E-state index contributed by atoms with van der Waals surface area (Å²) in [6.07, 6.45) is 5.36. The van der Waals surface area contributed by atoms with Crippen molar-refractivity contribution in [3.63, 3.8) is 0 Å². The first-order valence-electron chi connectivity index (χ1n) is 8.60. The van der Waals surface area contributed by atoms with E-state index in [2.05, 4.69) is 20.0 Å². The number of hydrogen-bond acceptors (Lipinski definition) is 7. The molecule has 27 heavy (non-hydrogen) atoms. The van der Waals surface area contributed by atoms with Gasteiger partial charge in [0.25, 0.3) is 0 Å². The Morgan fingerprint density at radius 2 is 1.67 bits per heavy atom. The van der Waals surface area contributed by atoms with E-state index in [9.17, 15) is 8.42 Å². The maximum atomic E-state index is 12.9. The van der Waals surface area contributed by atoms with Crippen molar-refractivity contribution in [1.29, 1.82) is 0 Å². The molecule has 4 rings (SSSR count). The second kappa shape index (κ2) is 6.78. The maximum Gasteiger partial charge on any atom is 0.248 e. The van der Waals surface area contributed by atoms with Crippen molar-refractivity contribution >= 4 is 15.8 Å². The van der Waals surface area contributed by atoms with E-state index >= 15 is 0 Å². The zero-order chi connectivity index (χ0) is 19.0. The molecule has 0 amide bonds. The largest absolute Gasteiger partial charge is 0.360 e. The van der Waals surface area contributed by atoms with E-state index in [4.69, 9.17) is 4.52 Å². The van der Waals surface area contributed by atoms with E-state index in [0.29, 0.717) is 37.6 Å². The minimum absolute atomic E-state index is 0.174. The molecule has 1 saturated heterocycles. The summed E-state index contributed by atoms with van der Waals surface area (Å²) in [6, 6.07) is 5.76. The number of anilines is 1. The molecule has 0 bridgehead atoms. The summed E-state index contributed by atoms with van der Waals surface area (Å²) >= 11 is 0. The lowest BCUT2D eigenvalue weighted by atomic mass is 10.3. The molecule has 142 valence electrons. The highest BCUT2D eigenvalue weighted by molar-refractivity contribution is 7.89. The zero-order valence-electron chi connectivity index (χ0n) is 15.1. The molecule has 0 saturated carbocycles. The van der Waals surface area contributed by atoms with Gasteiger partial charge in [-0.1, -0.05) is 5.16 Å². The quantitative estimate of drug-likeness (QED) is 0.666. The molecule has 0 radical (unpaired) electrons. The lowest BCUT2D eigenvalue weighted by molar-refractivity contribution is 0.377. The van der Waals surface area contributed by atoms with Gasteiger partial charge in [0.1, 0.15) is 28.6 Å². The molecule has 0 unspecified atom stereocenters. The number of rotatable bonds is 4. The van der Waals surface area contributed by atoms with Gasteiger partial charge in [-0.3, -0.25) is 0 Å². The number of sulfonamides is 1.